The van der Waals surface area contributed by atoms with E-state index in [2.05, 4.69) is 34.9 Å². The van der Waals surface area contributed by atoms with E-state index in [1.54, 1.807) is 0 Å². The fourth-order valence-electron chi connectivity index (χ4n) is 4.47. The minimum atomic E-state index is 0.161. The predicted octanol–water partition coefficient (Wildman–Crippen LogP) is 1.76. The minimum absolute atomic E-state index is 0.161. The van der Waals surface area contributed by atoms with Crippen LogP contribution in [0.2, 0.25) is 0 Å². The fraction of sp³-hybridized carbons (Fsp3) is 0.800. The Labute approximate surface area is 158 Å². The van der Waals surface area contributed by atoms with Gasteiger partial charge in [0, 0.05) is 31.9 Å². The van der Waals surface area contributed by atoms with Crippen molar-refractivity contribution in [1.82, 2.24) is 24.5 Å². The van der Waals surface area contributed by atoms with Crippen LogP contribution in [0.4, 0.5) is 0 Å². The number of likely N-dealkylation sites (tertiary alicyclic amines) is 2. The van der Waals surface area contributed by atoms with Crippen molar-refractivity contribution < 1.29 is 4.79 Å². The van der Waals surface area contributed by atoms with Crippen LogP contribution in [-0.2, 0) is 11.3 Å². The van der Waals surface area contributed by atoms with Gasteiger partial charge in [0.15, 0.2) is 0 Å². The van der Waals surface area contributed by atoms with Crippen LogP contribution >= 0.6 is 0 Å². The molecule has 3 heterocycles. The lowest BCUT2D eigenvalue weighted by atomic mass is 9.93. The number of piperidine rings is 2. The molecule has 1 amide bonds. The minimum Gasteiger partial charge on any atom is -0.344 e. The van der Waals surface area contributed by atoms with E-state index in [9.17, 15) is 4.79 Å². The van der Waals surface area contributed by atoms with Gasteiger partial charge in [0.05, 0.1) is 18.2 Å². The first kappa shape index (κ1) is 19.4. The zero-order valence-electron chi connectivity index (χ0n) is 16.9. The number of rotatable bonds is 5. The van der Waals surface area contributed by atoms with E-state index in [1.807, 2.05) is 23.6 Å². The fourth-order valence-corrected chi connectivity index (χ4v) is 4.47. The molecule has 146 valence electrons. The summed E-state index contributed by atoms with van der Waals surface area (Å²) in [6.07, 6.45) is 4.66. The zero-order valence-corrected chi connectivity index (χ0v) is 16.9. The van der Waals surface area contributed by atoms with Gasteiger partial charge in [-0.3, -0.25) is 14.4 Å². The third-order valence-corrected chi connectivity index (χ3v) is 6.13. The van der Waals surface area contributed by atoms with Crippen LogP contribution in [-0.4, -0.2) is 83.2 Å². The molecule has 6 heteroatoms. The summed E-state index contributed by atoms with van der Waals surface area (Å²) in [5.41, 5.74) is 2.20. The second kappa shape index (κ2) is 8.53. The van der Waals surface area contributed by atoms with Crippen molar-refractivity contribution >= 4 is 5.91 Å². The van der Waals surface area contributed by atoms with E-state index in [0.29, 0.717) is 11.9 Å². The SMILES string of the molecule is Cc1cc(C)n(CCN(C)C(=O)C2CCCN(C3CCN(C)CC3)C2)n1. The van der Waals surface area contributed by atoms with Gasteiger partial charge < -0.3 is 9.80 Å². The van der Waals surface area contributed by atoms with Crippen LogP contribution in [0, 0.1) is 19.8 Å². The molecule has 1 unspecified atom stereocenters. The largest absolute Gasteiger partial charge is 0.344 e. The highest BCUT2D eigenvalue weighted by atomic mass is 16.2. The highest BCUT2D eigenvalue weighted by molar-refractivity contribution is 5.78. The Morgan fingerprint density at radius 3 is 2.62 bits per heavy atom. The van der Waals surface area contributed by atoms with Crippen molar-refractivity contribution in [2.75, 3.05) is 46.8 Å². The molecule has 2 aliphatic heterocycles. The summed E-state index contributed by atoms with van der Waals surface area (Å²) in [4.78, 5) is 19.9. The number of carbonyl (C=O) groups excluding carboxylic acids is 1. The number of hydrogen-bond donors (Lipinski definition) is 0. The van der Waals surface area contributed by atoms with Crippen LogP contribution in [0.15, 0.2) is 6.07 Å². The number of carbonyl (C=O) groups is 1. The third kappa shape index (κ3) is 4.65. The zero-order chi connectivity index (χ0) is 18.7. The van der Waals surface area contributed by atoms with E-state index in [-0.39, 0.29) is 5.92 Å². The van der Waals surface area contributed by atoms with Crippen molar-refractivity contribution in [3.05, 3.63) is 17.5 Å². The molecule has 1 aromatic heterocycles. The van der Waals surface area contributed by atoms with Crippen molar-refractivity contribution in [3.63, 3.8) is 0 Å². The summed E-state index contributed by atoms with van der Waals surface area (Å²) in [7, 11) is 4.15. The molecular formula is C20H35N5O. The van der Waals surface area contributed by atoms with Crippen molar-refractivity contribution in [2.24, 2.45) is 5.92 Å². The van der Waals surface area contributed by atoms with Gasteiger partial charge in [-0.25, -0.2) is 0 Å². The second-order valence-corrected chi connectivity index (χ2v) is 8.28. The van der Waals surface area contributed by atoms with Gasteiger partial charge in [-0.05, 0) is 72.3 Å². The molecule has 0 aromatic carbocycles. The first-order valence-electron chi connectivity index (χ1n) is 10.1. The summed E-state index contributed by atoms with van der Waals surface area (Å²) in [5.74, 6) is 0.470. The quantitative estimate of drug-likeness (QED) is 0.802. The first-order valence-corrected chi connectivity index (χ1v) is 10.1. The Balaban J connectivity index is 1.50. The summed E-state index contributed by atoms with van der Waals surface area (Å²) < 4.78 is 2.00. The maximum absolute atomic E-state index is 13.0. The lowest BCUT2D eigenvalue weighted by Gasteiger charge is -2.41. The molecule has 3 rings (SSSR count). The van der Waals surface area contributed by atoms with Gasteiger partial charge >= 0.3 is 0 Å². The van der Waals surface area contributed by atoms with Gasteiger partial charge in [-0.15, -0.1) is 0 Å². The molecule has 2 aliphatic rings. The third-order valence-electron chi connectivity index (χ3n) is 6.13. The van der Waals surface area contributed by atoms with Crippen molar-refractivity contribution in [1.29, 1.82) is 0 Å². The molecule has 2 saturated heterocycles. The molecule has 0 radical (unpaired) electrons. The molecule has 26 heavy (non-hydrogen) atoms. The van der Waals surface area contributed by atoms with Crippen LogP contribution in [0.1, 0.15) is 37.1 Å². The average Bonchev–Trinajstić information content (AvgIpc) is 2.97. The van der Waals surface area contributed by atoms with Crippen LogP contribution in [0.3, 0.4) is 0 Å². The molecule has 0 N–H and O–H groups in total. The van der Waals surface area contributed by atoms with Gasteiger partial charge in [-0.2, -0.15) is 5.10 Å². The first-order chi connectivity index (χ1) is 12.4. The number of likely N-dealkylation sites (N-methyl/N-ethyl adjacent to an activating group) is 1. The topological polar surface area (TPSA) is 44.6 Å². The van der Waals surface area contributed by atoms with Gasteiger partial charge in [0.2, 0.25) is 5.91 Å². The van der Waals surface area contributed by atoms with Gasteiger partial charge in [0.1, 0.15) is 0 Å². The molecule has 2 fully saturated rings. The van der Waals surface area contributed by atoms with E-state index in [1.165, 1.54) is 25.9 Å². The summed E-state index contributed by atoms with van der Waals surface area (Å²) in [6.45, 7) is 10.1. The number of nitrogens with zero attached hydrogens (tertiary/aromatic N) is 5. The van der Waals surface area contributed by atoms with E-state index in [0.717, 1.165) is 50.4 Å². The highest BCUT2D eigenvalue weighted by Gasteiger charge is 2.32. The highest BCUT2D eigenvalue weighted by Crippen LogP contribution is 2.24. The molecule has 0 saturated carbocycles. The number of hydrogen-bond acceptors (Lipinski definition) is 4. The smallest absolute Gasteiger partial charge is 0.226 e. The predicted molar refractivity (Wildman–Crippen MR) is 104 cm³/mol. The Morgan fingerprint density at radius 2 is 1.96 bits per heavy atom. The lowest BCUT2D eigenvalue weighted by Crippen LogP contribution is -2.50. The molecular weight excluding hydrogens is 326 g/mol. The van der Waals surface area contributed by atoms with Crippen molar-refractivity contribution in [3.8, 4) is 0 Å². The van der Waals surface area contributed by atoms with E-state index in [4.69, 9.17) is 0 Å². The Kier molecular flexibility index (Phi) is 6.35. The Morgan fingerprint density at radius 1 is 1.23 bits per heavy atom. The van der Waals surface area contributed by atoms with Gasteiger partial charge in [-0.1, -0.05) is 0 Å². The monoisotopic (exact) mass is 361 g/mol. The second-order valence-electron chi connectivity index (χ2n) is 8.28. The number of aromatic nitrogens is 2. The molecule has 0 spiro atoms. The summed E-state index contributed by atoms with van der Waals surface area (Å²) >= 11 is 0. The summed E-state index contributed by atoms with van der Waals surface area (Å²) in [5, 5.41) is 4.50. The van der Waals surface area contributed by atoms with E-state index >= 15 is 0 Å². The molecule has 0 bridgehead atoms. The maximum Gasteiger partial charge on any atom is 0.226 e. The Bertz CT molecular complexity index is 605. The number of amides is 1. The maximum atomic E-state index is 13.0. The van der Waals surface area contributed by atoms with Gasteiger partial charge in [0.25, 0.3) is 0 Å². The summed E-state index contributed by atoms with van der Waals surface area (Å²) in [6, 6.07) is 2.75. The number of aryl methyl sites for hydroxylation is 2. The Hall–Kier alpha value is -1.40. The molecule has 1 aromatic rings. The lowest BCUT2D eigenvalue weighted by molar-refractivity contribution is -0.136. The molecule has 1 atom stereocenters. The van der Waals surface area contributed by atoms with Crippen molar-refractivity contribution in [2.45, 2.75) is 52.1 Å². The van der Waals surface area contributed by atoms with Crippen LogP contribution < -0.4 is 0 Å². The standard InChI is InChI=1S/C20H35N5O/c1-16-14-17(2)25(21-16)13-12-23(4)20(26)18-6-5-9-24(15-18)19-7-10-22(3)11-8-19/h14,18-19H,5-13,15H2,1-4H3. The molecule has 0 aliphatic carbocycles. The van der Waals surface area contributed by atoms with E-state index < -0.39 is 0 Å². The van der Waals surface area contributed by atoms with Crippen LogP contribution in [0.25, 0.3) is 0 Å². The molecule has 6 nitrogen and oxygen atoms in total. The normalized spacial score (nSPS) is 23.3. The average molecular weight is 362 g/mol. The van der Waals surface area contributed by atoms with Crippen LogP contribution in [0.5, 0.6) is 0 Å².